The Morgan fingerprint density at radius 3 is 2.06 bits per heavy atom. The molecule has 16 heavy (non-hydrogen) atoms. The lowest BCUT2D eigenvalue weighted by Gasteiger charge is -2.34. The van der Waals surface area contributed by atoms with E-state index in [0.717, 1.165) is 51.1 Å². The van der Waals surface area contributed by atoms with E-state index in [4.69, 9.17) is 0 Å². The Kier molecular flexibility index (Phi) is 8.08. The molecule has 1 aliphatic rings. The number of ether oxygens (including phenoxy) is 1. The van der Waals surface area contributed by atoms with E-state index in [9.17, 15) is 9.59 Å². The van der Waals surface area contributed by atoms with E-state index in [1.54, 1.807) is 14.2 Å². The average molecular weight is 228 g/mol. The highest BCUT2D eigenvalue weighted by molar-refractivity contribution is 5.61. The summed E-state index contributed by atoms with van der Waals surface area (Å²) < 4.78 is 4.25. The van der Waals surface area contributed by atoms with Gasteiger partial charge in [-0.1, -0.05) is 13.3 Å². The SMILES string of the molecule is CCCC1(C=O)CCC(C=O)CC1.COC. The number of carbonyl (C=O) groups excluding carboxylic acids is 2. The number of methoxy groups -OCH3 is 1. The van der Waals surface area contributed by atoms with Gasteiger partial charge in [-0.3, -0.25) is 0 Å². The first kappa shape index (κ1) is 15.3. The molecule has 3 nitrogen and oxygen atoms in total. The molecule has 0 aliphatic heterocycles. The highest BCUT2D eigenvalue weighted by Crippen LogP contribution is 2.40. The second-order valence-electron chi connectivity index (χ2n) is 4.61. The van der Waals surface area contributed by atoms with Crippen molar-refractivity contribution in [3.05, 3.63) is 0 Å². The van der Waals surface area contributed by atoms with Crippen LogP contribution in [-0.2, 0) is 14.3 Å². The van der Waals surface area contributed by atoms with Gasteiger partial charge in [0.2, 0.25) is 0 Å². The topological polar surface area (TPSA) is 43.4 Å². The molecule has 0 aromatic heterocycles. The lowest BCUT2D eigenvalue weighted by molar-refractivity contribution is -0.121. The fourth-order valence-electron chi connectivity index (χ4n) is 2.28. The minimum absolute atomic E-state index is 0.0890. The predicted octanol–water partition coefficient (Wildman–Crippen LogP) is 2.62. The summed E-state index contributed by atoms with van der Waals surface area (Å²) >= 11 is 0. The molecular weight excluding hydrogens is 204 g/mol. The van der Waals surface area contributed by atoms with E-state index in [1.807, 2.05) is 0 Å². The molecule has 0 unspecified atom stereocenters. The number of carbonyl (C=O) groups is 2. The molecule has 0 heterocycles. The number of hydrogen-bond acceptors (Lipinski definition) is 3. The second-order valence-corrected chi connectivity index (χ2v) is 4.61. The zero-order valence-corrected chi connectivity index (χ0v) is 10.7. The largest absolute Gasteiger partial charge is 0.388 e. The van der Waals surface area contributed by atoms with E-state index < -0.39 is 0 Å². The van der Waals surface area contributed by atoms with Gasteiger partial charge < -0.3 is 14.3 Å². The van der Waals surface area contributed by atoms with Crippen molar-refractivity contribution in [2.45, 2.75) is 45.4 Å². The number of aldehydes is 2. The van der Waals surface area contributed by atoms with Crippen molar-refractivity contribution in [3.8, 4) is 0 Å². The van der Waals surface area contributed by atoms with Gasteiger partial charge in [0.15, 0.2) is 0 Å². The molecule has 1 fully saturated rings. The van der Waals surface area contributed by atoms with Crippen LogP contribution in [0.1, 0.15) is 45.4 Å². The van der Waals surface area contributed by atoms with Crippen LogP contribution in [0.15, 0.2) is 0 Å². The summed E-state index contributed by atoms with van der Waals surface area (Å²) in [6.45, 7) is 2.11. The average Bonchev–Trinajstić information content (AvgIpc) is 2.31. The van der Waals surface area contributed by atoms with Gasteiger partial charge in [0.1, 0.15) is 12.6 Å². The van der Waals surface area contributed by atoms with Crippen LogP contribution in [-0.4, -0.2) is 26.8 Å². The fraction of sp³-hybridized carbons (Fsp3) is 0.846. The molecular formula is C13H24O3. The summed E-state index contributed by atoms with van der Waals surface area (Å²) in [6, 6.07) is 0. The standard InChI is InChI=1S/C11H18O2.C2H6O/c1-2-5-11(9-13)6-3-10(8-12)4-7-11;1-3-2/h8-10H,2-7H2,1H3;1-2H3. The number of hydrogen-bond donors (Lipinski definition) is 0. The first-order chi connectivity index (χ1) is 7.67. The molecule has 0 N–H and O–H groups in total. The zero-order chi connectivity index (χ0) is 12.4. The normalized spacial score (nSPS) is 28.8. The molecule has 0 radical (unpaired) electrons. The van der Waals surface area contributed by atoms with Crippen molar-refractivity contribution in [1.82, 2.24) is 0 Å². The molecule has 0 bridgehead atoms. The van der Waals surface area contributed by atoms with Gasteiger partial charge in [-0.2, -0.15) is 0 Å². The molecule has 94 valence electrons. The maximum absolute atomic E-state index is 11.0. The van der Waals surface area contributed by atoms with Gasteiger partial charge in [0, 0.05) is 25.6 Å². The van der Waals surface area contributed by atoms with E-state index in [0.29, 0.717) is 0 Å². The monoisotopic (exact) mass is 228 g/mol. The summed E-state index contributed by atoms with van der Waals surface area (Å²) in [7, 11) is 3.25. The van der Waals surface area contributed by atoms with Gasteiger partial charge in [0.25, 0.3) is 0 Å². The van der Waals surface area contributed by atoms with Gasteiger partial charge >= 0.3 is 0 Å². The van der Waals surface area contributed by atoms with Crippen LogP contribution in [0.2, 0.25) is 0 Å². The molecule has 0 aromatic carbocycles. The smallest absolute Gasteiger partial charge is 0.126 e. The Morgan fingerprint density at radius 2 is 1.75 bits per heavy atom. The number of rotatable bonds is 4. The Balaban J connectivity index is 0.000000673. The molecule has 1 rings (SSSR count). The Bertz CT molecular complexity index is 193. The van der Waals surface area contributed by atoms with Crippen molar-refractivity contribution < 1.29 is 14.3 Å². The van der Waals surface area contributed by atoms with Crippen LogP contribution in [0.4, 0.5) is 0 Å². The van der Waals surface area contributed by atoms with Crippen LogP contribution >= 0.6 is 0 Å². The van der Waals surface area contributed by atoms with Crippen LogP contribution in [0.5, 0.6) is 0 Å². The Hall–Kier alpha value is -0.700. The van der Waals surface area contributed by atoms with Gasteiger partial charge in [0.05, 0.1) is 0 Å². The third-order valence-electron chi connectivity index (χ3n) is 3.22. The van der Waals surface area contributed by atoms with Crippen molar-refractivity contribution in [1.29, 1.82) is 0 Å². The summed E-state index contributed by atoms with van der Waals surface area (Å²) in [5.74, 6) is 0.213. The highest BCUT2D eigenvalue weighted by Gasteiger charge is 2.33. The van der Waals surface area contributed by atoms with E-state index in [-0.39, 0.29) is 11.3 Å². The van der Waals surface area contributed by atoms with Crippen LogP contribution < -0.4 is 0 Å². The summed E-state index contributed by atoms with van der Waals surface area (Å²) in [5.41, 5.74) is -0.0890. The van der Waals surface area contributed by atoms with Crippen molar-refractivity contribution in [3.63, 3.8) is 0 Å². The van der Waals surface area contributed by atoms with Crippen LogP contribution in [0, 0.1) is 11.3 Å². The quantitative estimate of drug-likeness (QED) is 0.695. The summed E-state index contributed by atoms with van der Waals surface area (Å²) in [6.07, 6.45) is 7.84. The highest BCUT2D eigenvalue weighted by atomic mass is 16.4. The maximum Gasteiger partial charge on any atom is 0.126 e. The fourth-order valence-corrected chi connectivity index (χ4v) is 2.28. The van der Waals surface area contributed by atoms with Gasteiger partial charge in [-0.15, -0.1) is 0 Å². The predicted molar refractivity (Wildman–Crippen MR) is 64.4 cm³/mol. The van der Waals surface area contributed by atoms with Crippen molar-refractivity contribution >= 4 is 12.6 Å². The molecule has 0 amide bonds. The van der Waals surface area contributed by atoms with E-state index in [1.165, 1.54) is 0 Å². The zero-order valence-electron chi connectivity index (χ0n) is 10.7. The molecule has 1 aliphatic carbocycles. The van der Waals surface area contributed by atoms with Crippen LogP contribution in [0.3, 0.4) is 0 Å². The molecule has 0 saturated heterocycles. The third-order valence-corrected chi connectivity index (χ3v) is 3.22. The third kappa shape index (κ3) is 4.88. The second kappa shape index (κ2) is 8.45. The van der Waals surface area contributed by atoms with Gasteiger partial charge in [-0.05, 0) is 32.1 Å². The molecule has 0 atom stereocenters. The molecule has 1 saturated carbocycles. The minimum atomic E-state index is -0.0890. The van der Waals surface area contributed by atoms with Crippen molar-refractivity contribution in [2.75, 3.05) is 14.2 Å². The Morgan fingerprint density at radius 1 is 1.25 bits per heavy atom. The summed E-state index contributed by atoms with van der Waals surface area (Å²) in [4.78, 5) is 21.5. The lowest BCUT2D eigenvalue weighted by atomic mass is 9.69. The van der Waals surface area contributed by atoms with E-state index >= 15 is 0 Å². The van der Waals surface area contributed by atoms with Crippen LogP contribution in [0.25, 0.3) is 0 Å². The van der Waals surface area contributed by atoms with Crippen molar-refractivity contribution in [2.24, 2.45) is 11.3 Å². The first-order valence-electron chi connectivity index (χ1n) is 5.99. The lowest BCUT2D eigenvalue weighted by Crippen LogP contribution is -2.29. The first-order valence-corrected chi connectivity index (χ1v) is 5.99. The van der Waals surface area contributed by atoms with Gasteiger partial charge in [-0.25, -0.2) is 0 Å². The molecule has 0 spiro atoms. The minimum Gasteiger partial charge on any atom is -0.388 e. The molecule has 3 heteroatoms. The Labute approximate surface area is 98.6 Å². The summed E-state index contributed by atoms with van der Waals surface area (Å²) in [5, 5.41) is 0. The molecule has 0 aromatic rings. The maximum atomic E-state index is 11.0. The van der Waals surface area contributed by atoms with E-state index in [2.05, 4.69) is 11.7 Å².